The van der Waals surface area contributed by atoms with Crippen molar-refractivity contribution >= 4 is 0 Å². The number of hydrogen-bond donors (Lipinski definition) is 2. The van der Waals surface area contributed by atoms with Gasteiger partial charge < -0.3 is 10.4 Å². The molecule has 1 fully saturated rings. The Bertz CT molecular complexity index is 385. The van der Waals surface area contributed by atoms with Crippen molar-refractivity contribution in [3.63, 3.8) is 0 Å². The number of nitrogens with one attached hydrogen (secondary N) is 1. The second-order valence-corrected chi connectivity index (χ2v) is 6.08. The summed E-state index contributed by atoms with van der Waals surface area (Å²) in [4.78, 5) is 0. The molecule has 0 aromatic heterocycles. The molecule has 1 aromatic carbocycles. The molecule has 1 saturated carbocycles. The van der Waals surface area contributed by atoms with Gasteiger partial charge in [-0.2, -0.15) is 0 Å². The van der Waals surface area contributed by atoms with Gasteiger partial charge in [-0.05, 0) is 31.7 Å². The van der Waals surface area contributed by atoms with Crippen molar-refractivity contribution in [1.82, 2.24) is 5.32 Å². The standard InChI is InChI=1S/C17H27NO/c1-13-6-5-9-16(10-13)14(2)18-12-17(19)11-15-7-3-4-8-15/h5-6,9-10,14-15,17-19H,3-4,7-8,11-12H2,1-2H3/t14-,17?/m1/s1. The minimum Gasteiger partial charge on any atom is -0.392 e. The predicted molar refractivity (Wildman–Crippen MR) is 80.2 cm³/mol. The molecule has 2 N–H and O–H groups in total. The molecule has 2 atom stereocenters. The SMILES string of the molecule is Cc1cccc([C@@H](C)NCC(O)CC2CCCC2)c1. The van der Waals surface area contributed by atoms with Crippen molar-refractivity contribution in [1.29, 1.82) is 0 Å². The molecule has 2 heteroatoms. The zero-order valence-corrected chi connectivity index (χ0v) is 12.2. The van der Waals surface area contributed by atoms with E-state index in [0.29, 0.717) is 12.6 Å². The summed E-state index contributed by atoms with van der Waals surface area (Å²) in [5.41, 5.74) is 2.59. The van der Waals surface area contributed by atoms with Gasteiger partial charge in [0.15, 0.2) is 0 Å². The Hall–Kier alpha value is -0.860. The van der Waals surface area contributed by atoms with Crippen molar-refractivity contribution in [2.24, 2.45) is 5.92 Å². The van der Waals surface area contributed by atoms with Gasteiger partial charge in [0.05, 0.1) is 6.10 Å². The molecule has 0 heterocycles. The normalized spacial score (nSPS) is 19.5. The van der Waals surface area contributed by atoms with Gasteiger partial charge in [0, 0.05) is 12.6 Å². The molecular formula is C17H27NO. The first-order chi connectivity index (χ1) is 9.15. The van der Waals surface area contributed by atoms with Gasteiger partial charge in [0.25, 0.3) is 0 Å². The van der Waals surface area contributed by atoms with Gasteiger partial charge in [-0.3, -0.25) is 0 Å². The Labute approximate surface area is 117 Å². The van der Waals surface area contributed by atoms with E-state index in [1.165, 1.54) is 36.8 Å². The molecular weight excluding hydrogens is 234 g/mol. The fourth-order valence-corrected chi connectivity index (χ4v) is 3.08. The Morgan fingerprint density at radius 3 is 2.74 bits per heavy atom. The Kier molecular flexibility index (Phi) is 5.41. The smallest absolute Gasteiger partial charge is 0.0667 e. The summed E-state index contributed by atoms with van der Waals surface area (Å²) in [6, 6.07) is 8.87. The molecule has 1 aliphatic carbocycles. The Morgan fingerprint density at radius 1 is 1.32 bits per heavy atom. The Morgan fingerprint density at radius 2 is 2.05 bits per heavy atom. The van der Waals surface area contributed by atoms with Crippen LogP contribution in [0.25, 0.3) is 0 Å². The average Bonchev–Trinajstić information content (AvgIpc) is 2.88. The van der Waals surface area contributed by atoms with Crippen molar-refractivity contribution < 1.29 is 5.11 Å². The van der Waals surface area contributed by atoms with Crippen LogP contribution < -0.4 is 5.32 Å². The van der Waals surface area contributed by atoms with Crippen LogP contribution in [0.15, 0.2) is 24.3 Å². The van der Waals surface area contributed by atoms with Crippen LogP contribution in [-0.2, 0) is 0 Å². The van der Waals surface area contributed by atoms with Gasteiger partial charge in [0.2, 0.25) is 0 Å². The fourth-order valence-electron chi connectivity index (χ4n) is 3.08. The van der Waals surface area contributed by atoms with Gasteiger partial charge in [0.1, 0.15) is 0 Å². The predicted octanol–water partition coefficient (Wildman–Crippen LogP) is 3.59. The highest BCUT2D eigenvalue weighted by atomic mass is 16.3. The maximum atomic E-state index is 10.1. The molecule has 1 aliphatic rings. The van der Waals surface area contributed by atoms with E-state index in [0.717, 1.165) is 12.3 Å². The third-order valence-electron chi connectivity index (χ3n) is 4.28. The average molecular weight is 261 g/mol. The van der Waals surface area contributed by atoms with Crippen LogP contribution in [0.5, 0.6) is 0 Å². The second kappa shape index (κ2) is 7.06. The molecule has 0 spiro atoms. The van der Waals surface area contributed by atoms with Crippen LogP contribution in [0, 0.1) is 12.8 Å². The van der Waals surface area contributed by atoms with Crippen molar-refractivity contribution in [2.75, 3.05) is 6.54 Å². The van der Waals surface area contributed by atoms with Crippen LogP contribution in [0.4, 0.5) is 0 Å². The first-order valence-electron chi connectivity index (χ1n) is 7.63. The molecule has 1 aromatic rings. The van der Waals surface area contributed by atoms with E-state index in [9.17, 15) is 5.11 Å². The first-order valence-corrected chi connectivity index (χ1v) is 7.63. The molecule has 0 saturated heterocycles. The molecule has 106 valence electrons. The van der Waals surface area contributed by atoms with Crippen LogP contribution in [-0.4, -0.2) is 17.8 Å². The molecule has 1 unspecified atom stereocenters. The first kappa shape index (κ1) is 14.5. The lowest BCUT2D eigenvalue weighted by Crippen LogP contribution is -2.30. The fraction of sp³-hybridized carbons (Fsp3) is 0.647. The number of rotatable bonds is 6. The van der Waals surface area contributed by atoms with Crippen LogP contribution in [0.3, 0.4) is 0 Å². The lowest BCUT2D eigenvalue weighted by Gasteiger charge is -2.20. The van der Waals surface area contributed by atoms with E-state index >= 15 is 0 Å². The Balaban J connectivity index is 1.74. The summed E-state index contributed by atoms with van der Waals surface area (Å²) in [5, 5.41) is 13.5. The number of aliphatic hydroxyl groups excluding tert-OH is 1. The van der Waals surface area contributed by atoms with Crippen molar-refractivity contribution in [3.05, 3.63) is 35.4 Å². The second-order valence-electron chi connectivity index (χ2n) is 6.08. The molecule has 0 amide bonds. The van der Waals surface area contributed by atoms with E-state index in [1.54, 1.807) is 0 Å². The molecule has 2 nitrogen and oxygen atoms in total. The molecule has 19 heavy (non-hydrogen) atoms. The highest BCUT2D eigenvalue weighted by molar-refractivity contribution is 5.24. The molecule has 0 radical (unpaired) electrons. The maximum Gasteiger partial charge on any atom is 0.0667 e. The monoisotopic (exact) mass is 261 g/mol. The van der Waals surface area contributed by atoms with Gasteiger partial charge in [-0.15, -0.1) is 0 Å². The van der Waals surface area contributed by atoms with Crippen LogP contribution in [0.2, 0.25) is 0 Å². The highest BCUT2D eigenvalue weighted by Gasteiger charge is 2.19. The van der Waals surface area contributed by atoms with Crippen molar-refractivity contribution in [2.45, 2.75) is 58.1 Å². The minimum atomic E-state index is -0.199. The molecule has 0 aliphatic heterocycles. The minimum absolute atomic E-state index is 0.199. The number of aliphatic hydroxyl groups is 1. The number of hydrogen-bond acceptors (Lipinski definition) is 2. The molecule has 2 rings (SSSR count). The van der Waals surface area contributed by atoms with E-state index in [-0.39, 0.29) is 6.10 Å². The molecule has 0 bridgehead atoms. The summed E-state index contributed by atoms with van der Waals surface area (Å²) in [6.45, 7) is 4.98. The summed E-state index contributed by atoms with van der Waals surface area (Å²) in [7, 11) is 0. The zero-order valence-electron chi connectivity index (χ0n) is 12.2. The quantitative estimate of drug-likeness (QED) is 0.820. The van der Waals surface area contributed by atoms with Crippen LogP contribution in [0.1, 0.15) is 56.2 Å². The largest absolute Gasteiger partial charge is 0.392 e. The topological polar surface area (TPSA) is 32.3 Å². The van der Waals surface area contributed by atoms with E-state index in [1.807, 2.05) is 0 Å². The van der Waals surface area contributed by atoms with E-state index < -0.39 is 0 Å². The highest BCUT2D eigenvalue weighted by Crippen LogP contribution is 2.28. The van der Waals surface area contributed by atoms with Crippen molar-refractivity contribution in [3.8, 4) is 0 Å². The summed E-state index contributed by atoms with van der Waals surface area (Å²) in [5.74, 6) is 0.756. The van der Waals surface area contributed by atoms with E-state index in [2.05, 4.69) is 43.4 Å². The summed E-state index contributed by atoms with van der Waals surface area (Å²) >= 11 is 0. The lowest BCUT2D eigenvalue weighted by molar-refractivity contribution is 0.137. The third kappa shape index (κ3) is 4.63. The third-order valence-corrected chi connectivity index (χ3v) is 4.28. The lowest BCUT2D eigenvalue weighted by atomic mass is 9.99. The van der Waals surface area contributed by atoms with Gasteiger partial charge >= 0.3 is 0 Å². The summed E-state index contributed by atoms with van der Waals surface area (Å²) < 4.78 is 0. The summed E-state index contributed by atoms with van der Waals surface area (Å²) in [6.07, 6.45) is 6.09. The maximum absolute atomic E-state index is 10.1. The van der Waals surface area contributed by atoms with Gasteiger partial charge in [-0.1, -0.05) is 55.5 Å². The van der Waals surface area contributed by atoms with E-state index in [4.69, 9.17) is 0 Å². The zero-order chi connectivity index (χ0) is 13.7. The van der Waals surface area contributed by atoms with Crippen LogP contribution >= 0.6 is 0 Å². The number of aryl methyl sites for hydroxylation is 1. The van der Waals surface area contributed by atoms with Gasteiger partial charge in [-0.25, -0.2) is 0 Å². The number of benzene rings is 1.